The largest absolute Gasteiger partial charge is 0.457 e. The Bertz CT molecular complexity index is 634. The summed E-state index contributed by atoms with van der Waals surface area (Å²) in [6.45, 7) is 4.70. The van der Waals surface area contributed by atoms with Gasteiger partial charge in [0.25, 0.3) is 0 Å². The first-order valence-corrected chi connectivity index (χ1v) is 7.78. The van der Waals surface area contributed by atoms with Gasteiger partial charge in [-0.25, -0.2) is 4.39 Å². The van der Waals surface area contributed by atoms with Gasteiger partial charge in [0, 0.05) is 29.2 Å². The van der Waals surface area contributed by atoms with E-state index in [0.29, 0.717) is 33.6 Å². The van der Waals surface area contributed by atoms with Crippen LogP contribution in [0.5, 0.6) is 11.5 Å². The summed E-state index contributed by atoms with van der Waals surface area (Å²) >= 11 is 9.35. The molecule has 0 saturated carbocycles. The highest BCUT2D eigenvalue weighted by atomic mass is 79.9. The molecule has 2 rings (SSSR count). The van der Waals surface area contributed by atoms with Crippen molar-refractivity contribution in [3.8, 4) is 11.5 Å². The predicted octanol–water partition coefficient (Wildman–Crippen LogP) is 5.53. The van der Waals surface area contributed by atoms with Crippen molar-refractivity contribution in [1.29, 1.82) is 0 Å². The van der Waals surface area contributed by atoms with Gasteiger partial charge in [-0.05, 0) is 40.2 Å². The van der Waals surface area contributed by atoms with E-state index in [4.69, 9.17) is 16.3 Å². The van der Waals surface area contributed by atoms with Crippen LogP contribution in [0.15, 0.2) is 40.9 Å². The molecular formula is C16H16BrClFNO. The van der Waals surface area contributed by atoms with E-state index >= 15 is 0 Å². The van der Waals surface area contributed by atoms with Crippen molar-refractivity contribution in [1.82, 2.24) is 5.32 Å². The molecule has 0 radical (unpaired) electrons. The van der Waals surface area contributed by atoms with Crippen LogP contribution in [0.25, 0.3) is 0 Å². The lowest BCUT2D eigenvalue weighted by molar-refractivity contribution is 0.464. The van der Waals surface area contributed by atoms with Gasteiger partial charge in [-0.15, -0.1) is 0 Å². The summed E-state index contributed by atoms with van der Waals surface area (Å²) in [6, 6.07) is 10.4. The molecular weight excluding hydrogens is 357 g/mol. The highest BCUT2D eigenvalue weighted by molar-refractivity contribution is 9.10. The van der Waals surface area contributed by atoms with Crippen molar-refractivity contribution in [2.24, 2.45) is 0 Å². The Hall–Kier alpha value is -1.10. The molecule has 0 spiro atoms. The van der Waals surface area contributed by atoms with Gasteiger partial charge in [0.05, 0.1) is 4.47 Å². The summed E-state index contributed by atoms with van der Waals surface area (Å²) < 4.78 is 19.7. The van der Waals surface area contributed by atoms with Gasteiger partial charge in [-0.3, -0.25) is 0 Å². The molecule has 5 heteroatoms. The molecule has 0 aliphatic heterocycles. The van der Waals surface area contributed by atoms with E-state index < -0.39 is 0 Å². The van der Waals surface area contributed by atoms with E-state index in [1.54, 1.807) is 12.1 Å². The van der Waals surface area contributed by atoms with Crippen molar-refractivity contribution in [3.05, 3.63) is 57.3 Å². The second kappa shape index (κ2) is 7.25. The number of nitrogens with one attached hydrogen (secondary N) is 1. The van der Waals surface area contributed by atoms with Crippen LogP contribution in [0.1, 0.15) is 19.4 Å². The van der Waals surface area contributed by atoms with E-state index in [1.807, 2.05) is 18.2 Å². The number of hydrogen-bond acceptors (Lipinski definition) is 2. The van der Waals surface area contributed by atoms with Gasteiger partial charge in [-0.1, -0.05) is 31.5 Å². The third-order valence-electron chi connectivity index (χ3n) is 2.88. The summed E-state index contributed by atoms with van der Waals surface area (Å²) in [5, 5.41) is 3.93. The molecule has 0 fully saturated rings. The van der Waals surface area contributed by atoms with Crippen LogP contribution in [0.4, 0.5) is 4.39 Å². The van der Waals surface area contributed by atoms with Crippen LogP contribution in [-0.2, 0) is 6.54 Å². The van der Waals surface area contributed by atoms with Crippen molar-refractivity contribution in [2.75, 3.05) is 0 Å². The molecule has 21 heavy (non-hydrogen) atoms. The first-order valence-electron chi connectivity index (χ1n) is 6.61. The summed E-state index contributed by atoms with van der Waals surface area (Å²) in [5.74, 6) is 0.692. The van der Waals surface area contributed by atoms with Crippen LogP contribution in [0, 0.1) is 5.82 Å². The average molecular weight is 373 g/mol. The molecule has 0 aliphatic carbocycles. The summed E-state index contributed by atoms with van der Waals surface area (Å²) in [5.41, 5.74) is 0.858. The fourth-order valence-corrected chi connectivity index (χ4v) is 2.26. The minimum absolute atomic E-state index is 0.333. The smallest absolute Gasteiger partial charge is 0.141 e. The van der Waals surface area contributed by atoms with Crippen molar-refractivity contribution in [3.63, 3.8) is 0 Å². The number of benzene rings is 2. The van der Waals surface area contributed by atoms with E-state index in [-0.39, 0.29) is 5.82 Å². The maximum Gasteiger partial charge on any atom is 0.141 e. The molecule has 0 heterocycles. The molecule has 0 aliphatic rings. The second-order valence-corrected chi connectivity index (χ2v) is 6.19. The molecule has 2 aromatic rings. The molecule has 1 N–H and O–H groups in total. The SMILES string of the molecule is CC(C)NCc1c(Cl)cccc1Oc1ccc(Br)c(F)c1. The predicted molar refractivity (Wildman–Crippen MR) is 87.6 cm³/mol. The van der Waals surface area contributed by atoms with E-state index in [2.05, 4.69) is 35.1 Å². The lowest BCUT2D eigenvalue weighted by Gasteiger charge is -2.15. The maximum absolute atomic E-state index is 13.6. The van der Waals surface area contributed by atoms with Gasteiger partial charge in [-0.2, -0.15) is 0 Å². The molecule has 0 amide bonds. The molecule has 0 unspecified atom stereocenters. The quantitative estimate of drug-likeness (QED) is 0.745. The Morgan fingerprint density at radius 2 is 2.05 bits per heavy atom. The zero-order valence-electron chi connectivity index (χ0n) is 11.8. The van der Waals surface area contributed by atoms with Crippen molar-refractivity contribution < 1.29 is 9.13 Å². The fourth-order valence-electron chi connectivity index (χ4n) is 1.78. The molecule has 0 atom stereocenters. The van der Waals surface area contributed by atoms with Gasteiger partial charge >= 0.3 is 0 Å². The maximum atomic E-state index is 13.6. The zero-order valence-corrected chi connectivity index (χ0v) is 14.1. The molecule has 0 aromatic heterocycles. The highest BCUT2D eigenvalue weighted by Gasteiger charge is 2.11. The van der Waals surface area contributed by atoms with Crippen LogP contribution in [-0.4, -0.2) is 6.04 Å². The third kappa shape index (κ3) is 4.43. The minimum Gasteiger partial charge on any atom is -0.457 e. The molecule has 2 nitrogen and oxygen atoms in total. The number of halogens is 3. The van der Waals surface area contributed by atoms with Gasteiger partial charge in [0.2, 0.25) is 0 Å². The Labute approximate surface area is 137 Å². The van der Waals surface area contributed by atoms with Gasteiger partial charge < -0.3 is 10.1 Å². The second-order valence-electron chi connectivity index (χ2n) is 4.93. The molecule has 0 bridgehead atoms. The number of hydrogen-bond donors (Lipinski definition) is 1. The van der Waals surface area contributed by atoms with E-state index in [9.17, 15) is 4.39 Å². The summed E-state index contributed by atoms with van der Waals surface area (Å²) in [7, 11) is 0. The highest BCUT2D eigenvalue weighted by Crippen LogP contribution is 2.31. The molecule has 0 saturated heterocycles. The van der Waals surface area contributed by atoms with Crippen molar-refractivity contribution in [2.45, 2.75) is 26.4 Å². The van der Waals surface area contributed by atoms with E-state index in [1.165, 1.54) is 6.07 Å². The van der Waals surface area contributed by atoms with Crippen molar-refractivity contribution >= 4 is 27.5 Å². The monoisotopic (exact) mass is 371 g/mol. The molecule has 2 aromatic carbocycles. The van der Waals surface area contributed by atoms with Crippen LogP contribution in [0.2, 0.25) is 5.02 Å². The van der Waals surface area contributed by atoms with Gasteiger partial charge in [0.15, 0.2) is 0 Å². The van der Waals surface area contributed by atoms with E-state index in [0.717, 1.165) is 5.56 Å². The average Bonchev–Trinajstić information content (AvgIpc) is 2.42. The van der Waals surface area contributed by atoms with Crippen LogP contribution < -0.4 is 10.1 Å². The topological polar surface area (TPSA) is 21.3 Å². The fraction of sp³-hybridized carbons (Fsp3) is 0.250. The summed E-state index contributed by atoms with van der Waals surface area (Å²) in [6.07, 6.45) is 0. The lowest BCUT2D eigenvalue weighted by Crippen LogP contribution is -2.22. The standard InChI is InChI=1S/C16H16BrClFNO/c1-10(2)20-9-12-14(18)4-3-5-16(12)21-11-6-7-13(17)15(19)8-11/h3-8,10,20H,9H2,1-2H3. The zero-order chi connectivity index (χ0) is 15.4. The first kappa shape index (κ1) is 16.3. The van der Waals surface area contributed by atoms with Crippen LogP contribution >= 0.6 is 27.5 Å². The molecule has 112 valence electrons. The first-order chi connectivity index (χ1) is 9.97. The Kier molecular flexibility index (Phi) is 5.62. The lowest BCUT2D eigenvalue weighted by atomic mass is 10.2. The summed E-state index contributed by atoms with van der Waals surface area (Å²) in [4.78, 5) is 0. The number of ether oxygens (including phenoxy) is 1. The number of rotatable bonds is 5. The minimum atomic E-state index is -0.364. The Morgan fingerprint density at radius 1 is 1.29 bits per heavy atom. The normalized spacial score (nSPS) is 11.0. The Balaban J connectivity index is 2.26. The van der Waals surface area contributed by atoms with Gasteiger partial charge in [0.1, 0.15) is 17.3 Å². The third-order valence-corrected chi connectivity index (χ3v) is 3.88. The van der Waals surface area contributed by atoms with Crippen LogP contribution in [0.3, 0.4) is 0 Å². The Morgan fingerprint density at radius 3 is 2.71 bits per heavy atom.